The van der Waals surface area contributed by atoms with Gasteiger partial charge in [-0.15, -0.1) is 0 Å². The largest absolute Gasteiger partial charge is 0.379 e. The predicted octanol–water partition coefficient (Wildman–Crippen LogP) is 4.25. The smallest absolute Gasteiger partial charge is 0.0650 e. The van der Waals surface area contributed by atoms with Crippen LogP contribution in [0.15, 0.2) is 66.9 Å². The van der Waals surface area contributed by atoms with Crippen LogP contribution in [0.25, 0.3) is 11.3 Å². The van der Waals surface area contributed by atoms with Crippen LogP contribution in [0.5, 0.6) is 0 Å². The number of hydrogen-bond donors (Lipinski definition) is 2. The standard InChI is InChI=1S/C17H17N3/c1-13(14-5-3-2-4-6-14)19-16-9-7-15(8-10-16)17-11-12-18-20-17/h2-13,19H,1H3,(H,18,20). The fourth-order valence-corrected chi connectivity index (χ4v) is 2.24. The highest BCUT2D eigenvalue weighted by Gasteiger charge is 2.05. The van der Waals surface area contributed by atoms with Gasteiger partial charge < -0.3 is 5.32 Å². The second-order valence-electron chi connectivity index (χ2n) is 4.82. The van der Waals surface area contributed by atoms with Gasteiger partial charge in [0.05, 0.1) is 5.69 Å². The van der Waals surface area contributed by atoms with Crippen molar-refractivity contribution in [2.45, 2.75) is 13.0 Å². The minimum atomic E-state index is 0.286. The molecular formula is C17H17N3. The summed E-state index contributed by atoms with van der Waals surface area (Å²) < 4.78 is 0. The molecule has 0 aliphatic carbocycles. The maximum Gasteiger partial charge on any atom is 0.0650 e. The van der Waals surface area contributed by atoms with Crippen molar-refractivity contribution < 1.29 is 0 Å². The average Bonchev–Trinajstić information content (AvgIpc) is 3.03. The quantitative estimate of drug-likeness (QED) is 0.738. The van der Waals surface area contributed by atoms with Crippen molar-refractivity contribution in [1.82, 2.24) is 10.2 Å². The summed E-state index contributed by atoms with van der Waals surface area (Å²) in [5.74, 6) is 0. The molecule has 0 amide bonds. The Labute approximate surface area is 118 Å². The zero-order chi connectivity index (χ0) is 13.8. The predicted molar refractivity (Wildman–Crippen MR) is 82.5 cm³/mol. The Kier molecular flexibility index (Phi) is 3.50. The molecule has 1 heterocycles. The van der Waals surface area contributed by atoms with E-state index >= 15 is 0 Å². The normalized spacial score (nSPS) is 12.1. The SMILES string of the molecule is CC(Nc1ccc(-c2ccn[nH]2)cc1)c1ccccc1. The van der Waals surface area contributed by atoms with Gasteiger partial charge in [0, 0.05) is 17.9 Å². The van der Waals surface area contributed by atoms with Crippen LogP contribution in [0.4, 0.5) is 5.69 Å². The highest BCUT2D eigenvalue weighted by molar-refractivity contribution is 5.62. The van der Waals surface area contributed by atoms with Crippen molar-refractivity contribution in [3.8, 4) is 11.3 Å². The summed E-state index contributed by atoms with van der Waals surface area (Å²) in [7, 11) is 0. The Balaban J connectivity index is 1.72. The molecule has 0 aliphatic rings. The van der Waals surface area contributed by atoms with Crippen molar-refractivity contribution in [3.63, 3.8) is 0 Å². The van der Waals surface area contributed by atoms with E-state index in [2.05, 4.69) is 71.0 Å². The van der Waals surface area contributed by atoms with E-state index in [4.69, 9.17) is 0 Å². The zero-order valence-electron chi connectivity index (χ0n) is 11.4. The van der Waals surface area contributed by atoms with Crippen LogP contribution in [0.3, 0.4) is 0 Å². The lowest BCUT2D eigenvalue weighted by molar-refractivity contribution is 0.885. The first-order chi connectivity index (χ1) is 9.83. The number of aromatic amines is 1. The van der Waals surface area contributed by atoms with Gasteiger partial charge in [0.2, 0.25) is 0 Å². The van der Waals surface area contributed by atoms with Gasteiger partial charge in [0.1, 0.15) is 0 Å². The molecule has 0 fully saturated rings. The van der Waals surface area contributed by atoms with Gasteiger partial charge in [0.25, 0.3) is 0 Å². The summed E-state index contributed by atoms with van der Waals surface area (Å²) in [4.78, 5) is 0. The molecule has 3 aromatic rings. The number of anilines is 1. The summed E-state index contributed by atoms with van der Waals surface area (Å²) in [6.07, 6.45) is 1.76. The zero-order valence-corrected chi connectivity index (χ0v) is 11.4. The summed E-state index contributed by atoms with van der Waals surface area (Å²) in [6, 6.07) is 21.1. The molecular weight excluding hydrogens is 246 g/mol. The molecule has 0 aliphatic heterocycles. The lowest BCUT2D eigenvalue weighted by Gasteiger charge is -2.15. The third-order valence-corrected chi connectivity index (χ3v) is 3.38. The second kappa shape index (κ2) is 5.61. The molecule has 2 N–H and O–H groups in total. The van der Waals surface area contributed by atoms with E-state index < -0.39 is 0 Å². The summed E-state index contributed by atoms with van der Waals surface area (Å²) in [6.45, 7) is 2.16. The Morgan fingerprint density at radius 1 is 0.950 bits per heavy atom. The van der Waals surface area contributed by atoms with Crippen LogP contribution in [0.1, 0.15) is 18.5 Å². The van der Waals surface area contributed by atoms with Crippen molar-refractivity contribution >= 4 is 5.69 Å². The van der Waals surface area contributed by atoms with E-state index in [9.17, 15) is 0 Å². The van der Waals surface area contributed by atoms with Gasteiger partial charge in [-0.3, -0.25) is 5.10 Å². The van der Waals surface area contributed by atoms with Crippen LogP contribution in [0, 0.1) is 0 Å². The number of benzene rings is 2. The van der Waals surface area contributed by atoms with Crippen molar-refractivity contribution in [1.29, 1.82) is 0 Å². The second-order valence-corrected chi connectivity index (χ2v) is 4.82. The third kappa shape index (κ3) is 2.72. The first-order valence-electron chi connectivity index (χ1n) is 6.74. The Bertz CT molecular complexity index is 642. The molecule has 3 nitrogen and oxygen atoms in total. The number of nitrogens with zero attached hydrogens (tertiary/aromatic N) is 1. The molecule has 0 saturated carbocycles. The fourth-order valence-electron chi connectivity index (χ4n) is 2.24. The monoisotopic (exact) mass is 263 g/mol. The van der Waals surface area contributed by atoms with Gasteiger partial charge in [-0.25, -0.2) is 0 Å². The highest BCUT2D eigenvalue weighted by atomic mass is 15.1. The number of nitrogens with one attached hydrogen (secondary N) is 2. The molecule has 3 rings (SSSR count). The van der Waals surface area contributed by atoms with Gasteiger partial charge in [-0.2, -0.15) is 5.10 Å². The van der Waals surface area contributed by atoms with Gasteiger partial charge in [-0.05, 0) is 36.2 Å². The van der Waals surface area contributed by atoms with E-state index in [-0.39, 0.29) is 6.04 Å². The van der Waals surface area contributed by atoms with Gasteiger partial charge in [-0.1, -0.05) is 42.5 Å². The van der Waals surface area contributed by atoms with Crippen LogP contribution >= 0.6 is 0 Å². The molecule has 0 saturated heterocycles. The van der Waals surface area contributed by atoms with Crippen molar-refractivity contribution in [2.75, 3.05) is 5.32 Å². The Morgan fingerprint density at radius 2 is 1.70 bits per heavy atom. The number of aromatic nitrogens is 2. The molecule has 3 heteroatoms. The summed E-state index contributed by atoms with van der Waals surface area (Å²) in [5.41, 5.74) is 4.57. The van der Waals surface area contributed by atoms with Crippen LogP contribution in [-0.2, 0) is 0 Å². The number of hydrogen-bond acceptors (Lipinski definition) is 2. The first kappa shape index (κ1) is 12.5. The minimum Gasteiger partial charge on any atom is -0.379 e. The summed E-state index contributed by atoms with van der Waals surface area (Å²) in [5, 5.41) is 10.4. The van der Waals surface area contributed by atoms with Crippen LogP contribution < -0.4 is 5.32 Å². The van der Waals surface area contributed by atoms with Crippen LogP contribution in [0.2, 0.25) is 0 Å². The molecule has 2 aromatic carbocycles. The molecule has 100 valence electrons. The highest BCUT2D eigenvalue weighted by Crippen LogP contribution is 2.22. The Morgan fingerprint density at radius 3 is 2.35 bits per heavy atom. The van der Waals surface area contributed by atoms with E-state index in [1.54, 1.807) is 6.20 Å². The minimum absolute atomic E-state index is 0.286. The Hall–Kier alpha value is -2.55. The molecule has 20 heavy (non-hydrogen) atoms. The topological polar surface area (TPSA) is 40.7 Å². The van der Waals surface area contributed by atoms with E-state index in [0.29, 0.717) is 0 Å². The lowest BCUT2D eigenvalue weighted by atomic mass is 10.1. The van der Waals surface area contributed by atoms with Gasteiger partial charge in [0.15, 0.2) is 0 Å². The lowest BCUT2D eigenvalue weighted by Crippen LogP contribution is -2.06. The first-order valence-corrected chi connectivity index (χ1v) is 6.74. The molecule has 0 bridgehead atoms. The van der Waals surface area contributed by atoms with Crippen molar-refractivity contribution in [2.24, 2.45) is 0 Å². The molecule has 1 atom stereocenters. The molecule has 0 radical (unpaired) electrons. The van der Waals surface area contributed by atoms with Crippen molar-refractivity contribution in [3.05, 3.63) is 72.4 Å². The number of rotatable bonds is 4. The third-order valence-electron chi connectivity index (χ3n) is 3.38. The van der Waals surface area contributed by atoms with E-state index in [1.165, 1.54) is 5.56 Å². The molecule has 0 spiro atoms. The van der Waals surface area contributed by atoms with E-state index in [0.717, 1.165) is 16.9 Å². The molecule has 1 aromatic heterocycles. The van der Waals surface area contributed by atoms with E-state index in [1.807, 2.05) is 12.1 Å². The average molecular weight is 263 g/mol. The van der Waals surface area contributed by atoms with Crippen LogP contribution in [-0.4, -0.2) is 10.2 Å². The molecule has 1 unspecified atom stereocenters. The maximum atomic E-state index is 3.97. The summed E-state index contributed by atoms with van der Waals surface area (Å²) >= 11 is 0. The number of H-pyrrole nitrogens is 1. The fraction of sp³-hybridized carbons (Fsp3) is 0.118. The maximum absolute atomic E-state index is 3.97. The van der Waals surface area contributed by atoms with Gasteiger partial charge >= 0.3 is 0 Å².